The molecular weight excluding hydrogens is 208 g/mol. The molecule has 15 heavy (non-hydrogen) atoms. The largest absolute Gasteiger partial charge is 0.360 e. The van der Waals surface area contributed by atoms with Gasteiger partial charge in [-0.3, -0.25) is 0 Å². The summed E-state index contributed by atoms with van der Waals surface area (Å²) in [7, 11) is 0. The highest BCUT2D eigenvalue weighted by Crippen LogP contribution is 2.21. The zero-order valence-corrected chi connectivity index (χ0v) is 10.0. The van der Waals surface area contributed by atoms with Crippen LogP contribution in [-0.2, 0) is 0 Å². The minimum Gasteiger partial charge on any atom is -0.360 e. The summed E-state index contributed by atoms with van der Waals surface area (Å²) in [5.74, 6) is 0.915. The Hall–Kier alpha value is -0.840. The van der Waals surface area contributed by atoms with Crippen LogP contribution in [0.3, 0.4) is 0 Å². The molecule has 0 radical (unpaired) electrons. The predicted octanol–water partition coefficient (Wildman–Crippen LogP) is 2.35. The lowest BCUT2D eigenvalue weighted by molar-refractivity contribution is 0.570. The van der Waals surface area contributed by atoms with Gasteiger partial charge in [0, 0.05) is 31.2 Å². The number of hydrogen-bond acceptors (Lipinski definition) is 5. The smallest absolute Gasteiger partial charge is 0.239 e. The Balaban J connectivity index is 1.93. The zero-order chi connectivity index (χ0) is 10.5. The van der Waals surface area contributed by atoms with E-state index in [4.69, 9.17) is 0 Å². The first kappa shape index (κ1) is 10.7. The number of rotatable bonds is 4. The van der Waals surface area contributed by atoms with E-state index in [0.29, 0.717) is 0 Å². The molecule has 2 rings (SSSR count). The second-order valence-electron chi connectivity index (χ2n) is 3.87. The van der Waals surface area contributed by atoms with Gasteiger partial charge in [0.25, 0.3) is 0 Å². The van der Waals surface area contributed by atoms with Crippen molar-refractivity contribution in [3.8, 4) is 0 Å². The monoisotopic (exact) mass is 226 g/mol. The highest BCUT2D eigenvalue weighted by atomic mass is 32.1. The van der Waals surface area contributed by atoms with Crippen molar-refractivity contribution in [2.45, 2.75) is 32.6 Å². The van der Waals surface area contributed by atoms with Crippen LogP contribution in [0.5, 0.6) is 0 Å². The van der Waals surface area contributed by atoms with E-state index in [9.17, 15) is 0 Å². The van der Waals surface area contributed by atoms with Crippen LogP contribution in [0.2, 0.25) is 0 Å². The van der Waals surface area contributed by atoms with Crippen molar-refractivity contribution in [2.24, 2.45) is 0 Å². The Labute approximate surface area is 94.9 Å². The fourth-order valence-corrected chi connectivity index (χ4v) is 2.36. The minimum atomic E-state index is 0.915. The molecule has 1 fully saturated rings. The van der Waals surface area contributed by atoms with E-state index in [0.717, 1.165) is 37.1 Å². The maximum absolute atomic E-state index is 4.49. The molecule has 4 nitrogen and oxygen atoms in total. The predicted molar refractivity (Wildman–Crippen MR) is 64.8 cm³/mol. The van der Waals surface area contributed by atoms with Crippen LogP contribution in [0.4, 0.5) is 11.1 Å². The lowest BCUT2D eigenvalue weighted by Crippen LogP contribution is -2.30. The molecule has 1 saturated heterocycles. The van der Waals surface area contributed by atoms with Crippen molar-refractivity contribution in [3.05, 3.63) is 0 Å². The van der Waals surface area contributed by atoms with E-state index < -0.39 is 0 Å². The van der Waals surface area contributed by atoms with Gasteiger partial charge in [-0.15, -0.1) is 0 Å². The molecule has 84 valence electrons. The molecule has 0 amide bonds. The summed E-state index contributed by atoms with van der Waals surface area (Å²) in [5.41, 5.74) is 0. The molecule has 0 bridgehead atoms. The normalized spacial score (nSPS) is 16.7. The molecule has 0 spiro atoms. The second kappa shape index (κ2) is 5.30. The Morgan fingerprint density at radius 2 is 2.13 bits per heavy atom. The molecule has 1 aliphatic rings. The molecule has 1 aliphatic heterocycles. The van der Waals surface area contributed by atoms with E-state index in [1.54, 1.807) is 0 Å². The van der Waals surface area contributed by atoms with Gasteiger partial charge in [0.05, 0.1) is 0 Å². The molecule has 0 aromatic carbocycles. The van der Waals surface area contributed by atoms with Crippen LogP contribution in [0.25, 0.3) is 0 Å². The van der Waals surface area contributed by atoms with Gasteiger partial charge in [-0.1, -0.05) is 6.92 Å². The second-order valence-corrected chi connectivity index (χ2v) is 4.63. The maximum Gasteiger partial charge on any atom is 0.239 e. The maximum atomic E-state index is 4.49. The minimum absolute atomic E-state index is 0.915. The van der Waals surface area contributed by atoms with Crippen LogP contribution in [-0.4, -0.2) is 29.0 Å². The zero-order valence-electron chi connectivity index (χ0n) is 9.20. The summed E-state index contributed by atoms with van der Waals surface area (Å²) in [6, 6.07) is 0. The Morgan fingerprint density at radius 3 is 2.87 bits per heavy atom. The van der Waals surface area contributed by atoms with Crippen LogP contribution < -0.4 is 10.2 Å². The fraction of sp³-hybridized carbons (Fsp3) is 0.800. The average molecular weight is 226 g/mol. The summed E-state index contributed by atoms with van der Waals surface area (Å²) in [6.45, 7) is 5.36. The fourth-order valence-electron chi connectivity index (χ4n) is 1.74. The van der Waals surface area contributed by atoms with Crippen molar-refractivity contribution in [1.82, 2.24) is 9.36 Å². The Bertz CT molecular complexity index is 293. The molecule has 0 atom stereocenters. The third kappa shape index (κ3) is 2.81. The van der Waals surface area contributed by atoms with Crippen molar-refractivity contribution in [3.63, 3.8) is 0 Å². The van der Waals surface area contributed by atoms with Crippen molar-refractivity contribution in [1.29, 1.82) is 0 Å². The molecule has 0 unspecified atom stereocenters. The number of nitrogens with zero attached hydrogens (tertiary/aromatic N) is 3. The standard InChI is InChI=1S/C10H18N4S/c1-2-6-11-10-12-9(13-15-10)14-7-4-3-5-8-14/h2-8H2,1H3,(H,11,12,13). The van der Waals surface area contributed by atoms with Crippen LogP contribution in [0.15, 0.2) is 0 Å². The molecule has 5 heteroatoms. The van der Waals surface area contributed by atoms with Gasteiger partial charge in [-0.25, -0.2) is 0 Å². The quantitative estimate of drug-likeness (QED) is 0.855. The van der Waals surface area contributed by atoms with Crippen LogP contribution in [0, 0.1) is 0 Å². The number of anilines is 2. The Morgan fingerprint density at radius 1 is 1.33 bits per heavy atom. The molecular formula is C10H18N4S. The summed E-state index contributed by atoms with van der Waals surface area (Å²) in [6.07, 6.45) is 5.02. The first-order valence-corrected chi connectivity index (χ1v) is 6.50. The van der Waals surface area contributed by atoms with Crippen LogP contribution in [0.1, 0.15) is 32.6 Å². The van der Waals surface area contributed by atoms with E-state index in [-0.39, 0.29) is 0 Å². The van der Waals surface area contributed by atoms with Crippen LogP contribution >= 0.6 is 11.5 Å². The number of nitrogens with one attached hydrogen (secondary N) is 1. The van der Waals surface area contributed by atoms with E-state index in [1.165, 1.54) is 30.8 Å². The van der Waals surface area contributed by atoms with Gasteiger partial charge in [0.15, 0.2) is 0 Å². The van der Waals surface area contributed by atoms with Crippen molar-refractivity contribution >= 4 is 22.6 Å². The molecule has 0 saturated carbocycles. The molecule has 2 heterocycles. The summed E-state index contributed by atoms with van der Waals surface area (Å²) in [5, 5.41) is 4.23. The van der Waals surface area contributed by atoms with Crippen molar-refractivity contribution < 1.29 is 0 Å². The van der Waals surface area contributed by atoms with Gasteiger partial charge in [-0.05, 0) is 25.7 Å². The summed E-state index contributed by atoms with van der Waals surface area (Å²) in [4.78, 5) is 6.78. The number of aromatic nitrogens is 2. The lowest BCUT2D eigenvalue weighted by Gasteiger charge is -2.24. The molecule has 0 aliphatic carbocycles. The SMILES string of the molecule is CCCNc1nc(N2CCCCC2)ns1. The molecule has 1 aromatic heterocycles. The van der Waals surface area contributed by atoms with Gasteiger partial charge in [-0.2, -0.15) is 9.36 Å². The first-order chi connectivity index (χ1) is 7.40. The lowest BCUT2D eigenvalue weighted by atomic mass is 10.1. The van der Waals surface area contributed by atoms with Gasteiger partial charge < -0.3 is 10.2 Å². The third-order valence-electron chi connectivity index (χ3n) is 2.58. The molecule has 1 aromatic rings. The van der Waals surface area contributed by atoms with Gasteiger partial charge in [0.2, 0.25) is 11.1 Å². The topological polar surface area (TPSA) is 41.1 Å². The summed E-state index contributed by atoms with van der Waals surface area (Å²) >= 11 is 1.47. The van der Waals surface area contributed by atoms with E-state index in [1.807, 2.05) is 0 Å². The van der Waals surface area contributed by atoms with Gasteiger partial charge >= 0.3 is 0 Å². The number of piperidine rings is 1. The summed E-state index contributed by atoms with van der Waals surface area (Å²) < 4.78 is 4.39. The van der Waals surface area contributed by atoms with Crippen molar-refractivity contribution in [2.75, 3.05) is 29.9 Å². The molecule has 1 N–H and O–H groups in total. The number of hydrogen-bond donors (Lipinski definition) is 1. The highest BCUT2D eigenvalue weighted by molar-refractivity contribution is 7.09. The highest BCUT2D eigenvalue weighted by Gasteiger charge is 2.15. The Kier molecular flexibility index (Phi) is 3.77. The average Bonchev–Trinajstić information content (AvgIpc) is 2.76. The third-order valence-corrected chi connectivity index (χ3v) is 3.24. The van der Waals surface area contributed by atoms with E-state index >= 15 is 0 Å². The van der Waals surface area contributed by atoms with E-state index in [2.05, 4.69) is 26.5 Å². The van der Waals surface area contributed by atoms with Gasteiger partial charge in [0.1, 0.15) is 0 Å². The first-order valence-electron chi connectivity index (χ1n) is 5.72.